The lowest BCUT2D eigenvalue weighted by molar-refractivity contribution is 0.489. The maximum atomic E-state index is 4.14. The molecule has 2 atom stereocenters. The smallest absolute Gasteiger partial charge is 0.163 e. The lowest BCUT2D eigenvalue weighted by Gasteiger charge is -2.21. The molecule has 1 saturated carbocycles. The van der Waals surface area contributed by atoms with Crippen LogP contribution in [0.3, 0.4) is 0 Å². The van der Waals surface area contributed by atoms with Crippen LogP contribution in [0.4, 0.5) is 5.69 Å². The van der Waals surface area contributed by atoms with Gasteiger partial charge in [0.1, 0.15) is 6.33 Å². The van der Waals surface area contributed by atoms with Crippen molar-refractivity contribution < 1.29 is 0 Å². The summed E-state index contributed by atoms with van der Waals surface area (Å²) >= 11 is 0. The van der Waals surface area contributed by atoms with Gasteiger partial charge in [-0.15, -0.1) is 10.2 Å². The molecule has 4 heteroatoms. The molecule has 0 radical (unpaired) electrons. The third kappa shape index (κ3) is 2.55. The number of anilines is 1. The highest BCUT2D eigenvalue weighted by Gasteiger charge is 2.25. The van der Waals surface area contributed by atoms with Gasteiger partial charge in [-0.2, -0.15) is 0 Å². The molecule has 0 saturated heterocycles. The van der Waals surface area contributed by atoms with Gasteiger partial charge < -0.3 is 9.88 Å². The minimum Gasteiger partial charge on any atom is -0.382 e. The summed E-state index contributed by atoms with van der Waals surface area (Å²) in [5.41, 5.74) is 2.32. The van der Waals surface area contributed by atoms with Crippen LogP contribution in [0.25, 0.3) is 11.4 Å². The molecule has 1 fully saturated rings. The fourth-order valence-corrected chi connectivity index (χ4v) is 3.19. The number of rotatable bonds is 4. The highest BCUT2D eigenvalue weighted by molar-refractivity contribution is 5.60. The van der Waals surface area contributed by atoms with Crippen LogP contribution in [0.5, 0.6) is 0 Å². The predicted molar refractivity (Wildman–Crippen MR) is 81.5 cm³/mol. The Balaban J connectivity index is 1.72. The Labute approximate surface area is 120 Å². The SMILES string of the molecule is CCC1CCCC1Nc1ccc(-c2nncn2C)cc1. The molecule has 0 amide bonds. The predicted octanol–water partition coefficient (Wildman–Crippen LogP) is 3.47. The Morgan fingerprint density at radius 2 is 2.05 bits per heavy atom. The summed E-state index contributed by atoms with van der Waals surface area (Å²) in [6.45, 7) is 2.29. The Morgan fingerprint density at radius 1 is 1.25 bits per heavy atom. The first-order chi connectivity index (χ1) is 9.78. The first kappa shape index (κ1) is 13.2. The van der Waals surface area contributed by atoms with Gasteiger partial charge >= 0.3 is 0 Å². The van der Waals surface area contributed by atoms with E-state index in [1.807, 2.05) is 11.6 Å². The van der Waals surface area contributed by atoms with Crippen molar-refractivity contribution in [1.29, 1.82) is 0 Å². The standard InChI is InChI=1S/C16H22N4/c1-3-12-5-4-6-15(12)18-14-9-7-13(8-10-14)16-19-17-11-20(16)2/h7-12,15,18H,3-6H2,1-2H3. The second-order valence-corrected chi connectivity index (χ2v) is 5.69. The van der Waals surface area contributed by atoms with Crippen molar-refractivity contribution in [2.75, 3.05) is 5.32 Å². The zero-order valence-corrected chi connectivity index (χ0v) is 12.2. The molecular formula is C16H22N4. The highest BCUT2D eigenvalue weighted by Crippen LogP contribution is 2.31. The fraction of sp³-hybridized carbons (Fsp3) is 0.500. The van der Waals surface area contributed by atoms with Gasteiger partial charge in [0.05, 0.1) is 0 Å². The van der Waals surface area contributed by atoms with Crippen molar-refractivity contribution in [3.05, 3.63) is 30.6 Å². The maximum Gasteiger partial charge on any atom is 0.163 e. The van der Waals surface area contributed by atoms with E-state index in [-0.39, 0.29) is 0 Å². The average Bonchev–Trinajstić information content (AvgIpc) is 3.08. The molecule has 0 aliphatic heterocycles. The zero-order chi connectivity index (χ0) is 13.9. The molecule has 20 heavy (non-hydrogen) atoms. The van der Waals surface area contributed by atoms with E-state index < -0.39 is 0 Å². The molecule has 2 unspecified atom stereocenters. The van der Waals surface area contributed by atoms with Crippen molar-refractivity contribution in [3.63, 3.8) is 0 Å². The van der Waals surface area contributed by atoms with Crippen molar-refractivity contribution >= 4 is 5.69 Å². The number of hydrogen-bond acceptors (Lipinski definition) is 3. The lowest BCUT2D eigenvalue weighted by atomic mass is 10.0. The summed E-state index contributed by atoms with van der Waals surface area (Å²) < 4.78 is 1.94. The molecular weight excluding hydrogens is 248 g/mol. The summed E-state index contributed by atoms with van der Waals surface area (Å²) in [6.07, 6.45) is 7.02. The van der Waals surface area contributed by atoms with E-state index in [4.69, 9.17) is 0 Å². The average molecular weight is 270 g/mol. The largest absolute Gasteiger partial charge is 0.382 e. The molecule has 3 rings (SSSR count). The van der Waals surface area contributed by atoms with Gasteiger partial charge in [0.25, 0.3) is 0 Å². The van der Waals surface area contributed by atoms with Crippen molar-refractivity contribution in [2.24, 2.45) is 13.0 Å². The fourth-order valence-electron chi connectivity index (χ4n) is 3.19. The second kappa shape index (κ2) is 5.65. The molecule has 1 aromatic carbocycles. The summed E-state index contributed by atoms with van der Waals surface area (Å²) in [4.78, 5) is 0. The minimum atomic E-state index is 0.640. The molecule has 106 valence electrons. The molecule has 0 bridgehead atoms. The van der Waals surface area contributed by atoms with Gasteiger partial charge in [0, 0.05) is 24.3 Å². The van der Waals surface area contributed by atoms with Crippen LogP contribution >= 0.6 is 0 Å². The van der Waals surface area contributed by atoms with Crippen LogP contribution in [-0.4, -0.2) is 20.8 Å². The molecule has 1 aromatic heterocycles. The van der Waals surface area contributed by atoms with Crippen molar-refractivity contribution in [1.82, 2.24) is 14.8 Å². The zero-order valence-electron chi connectivity index (χ0n) is 12.2. The first-order valence-electron chi connectivity index (χ1n) is 7.49. The summed E-state index contributed by atoms with van der Waals surface area (Å²) in [6, 6.07) is 9.16. The van der Waals surface area contributed by atoms with Gasteiger partial charge in [0.2, 0.25) is 0 Å². The Kier molecular flexibility index (Phi) is 3.72. The quantitative estimate of drug-likeness (QED) is 0.925. The van der Waals surface area contributed by atoms with Crippen LogP contribution in [0.2, 0.25) is 0 Å². The second-order valence-electron chi connectivity index (χ2n) is 5.69. The number of nitrogens with zero attached hydrogens (tertiary/aromatic N) is 3. The normalized spacial score (nSPS) is 22.1. The topological polar surface area (TPSA) is 42.7 Å². The summed E-state index contributed by atoms with van der Waals surface area (Å²) in [7, 11) is 1.96. The van der Waals surface area contributed by atoms with Crippen LogP contribution in [0, 0.1) is 5.92 Å². The molecule has 1 N–H and O–H groups in total. The van der Waals surface area contributed by atoms with Gasteiger partial charge in [-0.3, -0.25) is 0 Å². The third-order valence-corrected chi connectivity index (χ3v) is 4.39. The first-order valence-corrected chi connectivity index (χ1v) is 7.49. The molecule has 2 aromatic rings. The van der Waals surface area contributed by atoms with E-state index in [1.54, 1.807) is 6.33 Å². The molecule has 1 aliphatic carbocycles. The van der Waals surface area contributed by atoms with E-state index in [0.29, 0.717) is 6.04 Å². The minimum absolute atomic E-state index is 0.640. The van der Waals surface area contributed by atoms with Gasteiger partial charge in [-0.05, 0) is 43.0 Å². The lowest BCUT2D eigenvalue weighted by Crippen LogP contribution is -2.23. The van der Waals surface area contributed by atoms with Crippen LogP contribution in [0.1, 0.15) is 32.6 Å². The van der Waals surface area contributed by atoms with Gasteiger partial charge in [0.15, 0.2) is 5.82 Å². The molecule has 4 nitrogen and oxygen atoms in total. The van der Waals surface area contributed by atoms with Gasteiger partial charge in [-0.1, -0.05) is 19.8 Å². The number of aryl methyl sites for hydroxylation is 1. The van der Waals surface area contributed by atoms with Gasteiger partial charge in [-0.25, -0.2) is 0 Å². The molecule has 0 spiro atoms. The van der Waals surface area contributed by atoms with E-state index in [0.717, 1.165) is 17.3 Å². The van der Waals surface area contributed by atoms with Crippen LogP contribution in [-0.2, 0) is 7.05 Å². The maximum absolute atomic E-state index is 4.14. The van der Waals surface area contributed by atoms with E-state index in [9.17, 15) is 0 Å². The van der Waals surface area contributed by atoms with E-state index in [2.05, 4.69) is 46.7 Å². The Morgan fingerprint density at radius 3 is 2.70 bits per heavy atom. The highest BCUT2D eigenvalue weighted by atomic mass is 15.2. The molecule has 1 aliphatic rings. The third-order valence-electron chi connectivity index (χ3n) is 4.39. The van der Waals surface area contributed by atoms with Crippen molar-refractivity contribution in [3.8, 4) is 11.4 Å². The number of benzene rings is 1. The number of aromatic nitrogens is 3. The van der Waals surface area contributed by atoms with Crippen molar-refractivity contribution in [2.45, 2.75) is 38.6 Å². The number of hydrogen-bond donors (Lipinski definition) is 1. The Bertz CT molecular complexity index is 558. The van der Waals surface area contributed by atoms with E-state index in [1.165, 1.54) is 31.4 Å². The van der Waals surface area contributed by atoms with Crippen LogP contribution < -0.4 is 5.32 Å². The summed E-state index contributed by atoms with van der Waals surface area (Å²) in [5.74, 6) is 1.73. The van der Waals surface area contributed by atoms with E-state index >= 15 is 0 Å². The number of nitrogens with one attached hydrogen (secondary N) is 1. The Hall–Kier alpha value is -1.84. The van der Waals surface area contributed by atoms with Crippen LogP contribution in [0.15, 0.2) is 30.6 Å². The monoisotopic (exact) mass is 270 g/mol. The summed E-state index contributed by atoms with van der Waals surface area (Å²) in [5, 5.41) is 11.7. The molecule has 1 heterocycles.